The Kier molecular flexibility index (Phi) is 7.80. The number of carbonyl (C=O) groups excluding carboxylic acids is 1. The van der Waals surface area contributed by atoms with Crippen molar-refractivity contribution in [3.63, 3.8) is 0 Å². The van der Waals surface area contributed by atoms with Crippen molar-refractivity contribution in [3.8, 4) is 0 Å². The van der Waals surface area contributed by atoms with Crippen LogP contribution in [0.1, 0.15) is 20.3 Å². The zero-order valence-corrected chi connectivity index (χ0v) is 16.2. The molecule has 2 atom stereocenters. The molecule has 0 aromatic heterocycles. The van der Waals surface area contributed by atoms with Crippen LogP contribution in [0.2, 0.25) is 0 Å². The van der Waals surface area contributed by atoms with E-state index < -0.39 is 26.8 Å². The van der Waals surface area contributed by atoms with E-state index >= 15 is 0 Å². The summed E-state index contributed by atoms with van der Waals surface area (Å²) in [6.45, 7) is 5.03. The molecule has 1 aliphatic rings. The standard InChI is InChI=1S/C16H24FN3O3S.ClH/c1-11(2)15(16(21)20(3)12-8-9-18-10-12)19-24(22,23)14-7-5-4-6-13(14)17;/h4-7,11-12,15,18-19H,8-10H2,1-3H3;1H. The summed E-state index contributed by atoms with van der Waals surface area (Å²) in [5.41, 5.74) is 0. The lowest BCUT2D eigenvalue weighted by Gasteiger charge is -2.30. The van der Waals surface area contributed by atoms with Gasteiger partial charge < -0.3 is 10.2 Å². The largest absolute Gasteiger partial charge is 0.340 e. The van der Waals surface area contributed by atoms with E-state index in [9.17, 15) is 17.6 Å². The molecule has 0 spiro atoms. The summed E-state index contributed by atoms with van der Waals surface area (Å²) >= 11 is 0. The maximum absolute atomic E-state index is 13.8. The van der Waals surface area contributed by atoms with Gasteiger partial charge in [-0.05, 0) is 31.0 Å². The Morgan fingerprint density at radius 3 is 2.52 bits per heavy atom. The lowest BCUT2D eigenvalue weighted by atomic mass is 10.0. The molecule has 0 bridgehead atoms. The molecule has 9 heteroatoms. The van der Waals surface area contributed by atoms with Gasteiger partial charge in [-0.15, -0.1) is 12.4 Å². The molecular formula is C16H25ClFN3O3S. The number of hydrogen-bond acceptors (Lipinski definition) is 4. The first-order chi connectivity index (χ1) is 11.2. The van der Waals surface area contributed by atoms with Crippen LogP contribution in [0.5, 0.6) is 0 Å². The first-order valence-corrected chi connectivity index (χ1v) is 9.46. The third kappa shape index (κ3) is 5.13. The molecule has 142 valence electrons. The molecule has 6 nitrogen and oxygen atoms in total. The Labute approximate surface area is 154 Å². The third-order valence-electron chi connectivity index (χ3n) is 4.27. The molecule has 0 saturated carbocycles. The highest BCUT2D eigenvalue weighted by atomic mass is 35.5. The highest BCUT2D eigenvalue weighted by molar-refractivity contribution is 7.89. The minimum absolute atomic E-state index is 0. The molecule has 1 aromatic carbocycles. The molecule has 0 radical (unpaired) electrons. The normalized spacial score (nSPS) is 18.7. The number of benzene rings is 1. The van der Waals surface area contributed by atoms with Gasteiger partial charge >= 0.3 is 0 Å². The predicted molar refractivity (Wildman–Crippen MR) is 96.6 cm³/mol. The lowest BCUT2D eigenvalue weighted by Crippen LogP contribution is -2.53. The van der Waals surface area contributed by atoms with Crippen molar-refractivity contribution in [2.45, 2.75) is 37.2 Å². The van der Waals surface area contributed by atoms with E-state index in [2.05, 4.69) is 10.0 Å². The molecule has 2 rings (SSSR count). The second-order valence-electron chi connectivity index (χ2n) is 6.37. The Hall–Kier alpha value is -1.22. The number of likely N-dealkylation sites (N-methyl/N-ethyl adjacent to an activating group) is 1. The fourth-order valence-electron chi connectivity index (χ4n) is 2.73. The third-order valence-corrected chi connectivity index (χ3v) is 5.75. The SMILES string of the molecule is CC(C)C(NS(=O)(=O)c1ccccc1F)C(=O)N(C)C1CCNC1.Cl. The number of rotatable bonds is 6. The molecule has 1 fully saturated rings. The van der Waals surface area contributed by atoms with Crippen molar-refractivity contribution in [1.29, 1.82) is 0 Å². The first-order valence-electron chi connectivity index (χ1n) is 7.98. The molecule has 0 aliphatic carbocycles. The second kappa shape index (κ2) is 8.93. The van der Waals surface area contributed by atoms with E-state index in [0.29, 0.717) is 6.54 Å². The van der Waals surface area contributed by atoms with Crippen molar-refractivity contribution in [2.75, 3.05) is 20.1 Å². The molecule has 1 saturated heterocycles. The van der Waals surface area contributed by atoms with E-state index in [1.807, 2.05) is 0 Å². The highest BCUT2D eigenvalue weighted by Gasteiger charge is 2.34. The Bertz CT molecular complexity index is 694. The Morgan fingerprint density at radius 1 is 1.36 bits per heavy atom. The van der Waals surface area contributed by atoms with Gasteiger partial charge in [0, 0.05) is 19.6 Å². The summed E-state index contributed by atoms with van der Waals surface area (Å²) in [5, 5.41) is 3.18. The summed E-state index contributed by atoms with van der Waals surface area (Å²) in [6.07, 6.45) is 0.827. The Morgan fingerprint density at radius 2 is 2.00 bits per heavy atom. The van der Waals surface area contributed by atoms with Crippen LogP contribution < -0.4 is 10.0 Å². The summed E-state index contributed by atoms with van der Waals surface area (Å²) < 4.78 is 41.2. The van der Waals surface area contributed by atoms with E-state index in [1.165, 1.54) is 18.2 Å². The zero-order chi connectivity index (χ0) is 17.9. The smallest absolute Gasteiger partial charge is 0.244 e. The molecule has 25 heavy (non-hydrogen) atoms. The van der Waals surface area contributed by atoms with Crippen molar-refractivity contribution in [2.24, 2.45) is 5.92 Å². The number of amides is 1. The van der Waals surface area contributed by atoms with Crippen molar-refractivity contribution >= 4 is 28.3 Å². The van der Waals surface area contributed by atoms with Crippen molar-refractivity contribution in [1.82, 2.24) is 14.9 Å². The first kappa shape index (κ1) is 21.8. The van der Waals surface area contributed by atoms with Crippen LogP contribution in [0, 0.1) is 11.7 Å². The Balaban J connectivity index is 0.00000312. The van der Waals surface area contributed by atoms with Gasteiger partial charge in [-0.25, -0.2) is 12.8 Å². The van der Waals surface area contributed by atoms with Crippen molar-refractivity contribution < 1.29 is 17.6 Å². The highest BCUT2D eigenvalue weighted by Crippen LogP contribution is 2.17. The van der Waals surface area contributed by atoms with Gasteiger partial charge in [-0.1, -0.05) is 26.0 Å². The summed E-state index contributed by atoms with van der Waals surface area (Å²) in [7, 11) is -2.45. The number of halogens is 2. The maximum atomic E-state index is 13.8. The van der Waals surface area contributed by atoms with Gasteiger partial charge in [0.1, 0.15) is 16.8 Å². The summed E-state index contributed by atoms with van der Waals surface area (Å²) in [5.74, 6) is -1.41. The van der Waals surface area contributed by atoms with E-state index in [-0.39, 0.29) is 30.3 Å². The average Bonchev–Trinajstić information content (AvgIpc) is 3.05. The van der Waals surface area contributed by atoms with Crippen molar-refractivity contribution in [3.05, 3.63) is 30.1 Å². The zero-order valence-electron chi connectivity index (χ0n) is 14.5. The average molecular weight is 394 g/mol. The van der Waals surface area contributed by atoms with Gasteiger partial charge in [-0.2, -0.15) is 4.72 Å². The number of sulfonamides is 1. The molecular weight excluding hydrogens is 369 g/mol. The molecule has 1 heterocycles. The van der Waals surface area contributed by atoms with Gasteiger partial charge in [0.25, 0.3) is 0 Å². The number of carbonyl (C=O) groups is 1. The van der Waals surface area contributed by atoms with Gasteiger partial charge in [0.2, 0.25) is 15.9 Å². The fraction of sp³-hybridized carbons (Fsp3) is 0.562. The van der Waals surface area contributed by atoms with E-state index in [4.69, 9.17) is 0 Å². The summed E-state index contributed by atoms with van der Waals surface area (Å²) in [4.78, 5) is 13.9. The molecule has 1 aliphatic heterocycles. The van der Waals surface area contributed by atoms with Crippen LogP contribution in [0.4, 0.5) is 4.39 Å². The van der Waals surface area contributed by atoms with Crippen LogP contribution in [0.3, 0.4) is 0 Å². The molecule has 1 aromatic rings. The number of hydrogen-bond donors (Lipinski definition) is 2. The summed E-state index contributed by atoms with van der Waals surface area (Å²) in [6, 6.07) is 4.22. The van der Waals surface area contributed by atoms with E-state index in [1.54, 1.807) is 25.8 Å². The van der Waals surface area contributed by atoms with Crippen LogP contribution in [0.15, 0.2) is 29.2 Å². The number of nitrogens with zero attached hydrogens (tertiary/aromatic N) is 1. The van der Waals surface area contributed by atoms with Gasteiger partial charge in [0.15, 0.2) is 0 Å². The topological polar surface area (TPSA) is 78.5 Å². The monoisotopic (exact) mass is 393 g/mol. The van der Waals surface area contributed by atoms with Gasteiger partial charge in [0.05, 0.1) is 0 Å². The minimum atomic E-state index is -4.13. The maximum Gasteiger partial charge on any atom is 0.244 e. The molecule has 2 N–H and O–H groups in total. The lowest BCUT2D eigenvalue weighted by molar-refractivity contribution is -0.134. The second-order valence-corrected chi connectivity index (χ2v) is 8.05. The van der Waals surface area contributed by atoms with Crippen LogP contribution >= 0.6 is 12.4 Å². The minimum Gasteiger partial charge on any atom is -0.340 e. The van der Waals surface area contributed by atoms with Crippen LogP contribution in [-0.2, 0) is 14.8 Å². The molecule has 2 unspecified atom stereocenters. The predicted octanol–water partition coefficient (Wildman–Crippen LogP) is 1.37. The number of nitrogens with one attached hydrogen (secondary N) is 2. The molecule has 1 amide bonds. The fourth-order valence-corrected chi connectivity index (χ4v) is 4.15. The van der Waals surface area contributed by atoms with Gasteiger partial charge in [-0.3, -0.25) is 4.79 Å². The van der Waals surface area contributed by atoms with Crippen LogP contribution in [-0.4, -0.2) is 51.4 Å². The quantitative estimate of drug-likeness (QED) is 0.765. The van der Waals surface area contributed by atoms with Crippen LogP contribution in [0.25, 0.3) is 0 Å². The van der Waals surface area contributed by atoms with E-state index in [0.717, 1.165) is 19.0 Å².